The molecule has 0 aromatic heterocycles. The highest BCUT2D eigenvalue weighted by Gasteiger charge is 2.72. The molecule has 0 heterocycles. The Morgan fingerprint density at radius 1 is 1.33 bits per heavy atom. The Labute approximate surface area is 88.4 Å². The first-order valence-corrected chi connectivity index (χ1v) is 5.47. The first-order valence-electron chi connectivity index (χ1n) is 5.47. The van der Waals surface area contributed by atoms with Crippen LogP contribution in [-0.2, 0) is 4.79 Å². The lowest BCUT2D eigenvalue weighted by molar-refractivity contribution is -0.228. The molecule has 3 aliphatic rings. The number of alkyl halides is 2. The van der Waals surface area contributed by atoms with Gasteiger partial charge in [-0.2, -0.15) is 0 Å². The third kappa shape index (κ3) is 1.64. The molecule has 0 unspecified atom stereocenters. The summed E-state index contributed by atoms with van der Waals surface area (Å²) in [6.45, 7) is 3.95. The van der Waals surface area contributed by atoms with Crippen LogP contribution < -0.4 is 5.32 Å². The summed E-state index contributed by atoms with van der Waals surface area (Å²) in [6, 6.07) is 0. The number of rotatable bonds is 4. The minimum Gasteiger partial charge on any atom is -0.351 e. The second kappa shape index (κ2) is 3.16. The standard InChI is InChI=1S/C11H17F2NO/c1-7(2)3-8(15)14-11-4-10(5-11,6-11)9(12)13/h7,9H,3-6H2,1-2H3,(H,14,15). The van der Waals surface area contributed by atoms with Gasteiger partial charge in [-0.15, -0.1) is 0 Å². The van der Waals surface area contributed by atoms with E-state index in [0.717, 1.165) is 0 Å². The Hall–Kier alpha value is -0.670. The van der Waals surface area contributed by atoms with Crippen molar-refractivity contribution >= 4 is 5.91 Å². The quantitative estimate of drug-likeness (QED) is 0.769. The monoisotopic (exact) mass is 217 g/mol. The number of carbonyl (C=O) groups excluding carboxylic acids is 1. The summed E-state index contributed by atoms with van der Waals surface area (Å²) in [4.78, 5) is 11.5. The normalized spacial score (nSPS) is 37.5. The molecule has 86 valence electrons. The molecule has 0 saturated heterocycles. The average molecular weight is 217 g/mol. The van der Waals surface area contributed by atoms with Crippen molar-refractivity contribution in [1.82, 2.24) is 5.32 Å². The Morgan fingerprint density at radius 2 is 1.87 bits per heavy atom. The lowest BCUT2D eigenvalue weighted by atomic mass is 9.39. The maximum Gasteiger partial charge on any atom is 0.244 e. The first kappa shape index (κ1) is 10.8. The SMILES string of the molecule is CC(C)CC(=O)NC12CC(C(F)F)(C1)C2. The molecule has 0 atom stereocenters. The van der Waals surface area contributed by atoms with E-state index in [1.807, 2.05) is 13.8 Å². The van der Waals surface area contributed by atoms with E-state index in [4.69, 9.17) is 0 Å². The second-order valence-corrected chi connectivity index (χ2v) is 5.62. The van der Waals surface area contributed by atoms with Gasteiger partial charge in [-0.05, 0) is 25.2 Å². The summed E-state index contributed by atoms with van der Waals surface area (Å²) in [5.74, 6) is 0.328. The van der Waals surface area contributed by atoms with Crippen LogP contribution in [0.5, 0.6) is 0 Å². The second-order valence-electron chi connectivity index (χ2n) is 5.62. The van der Waals surface area contributed by atoms with Gasteiger partial charge in [-0.25, -0.2) is 8.78 Å². The summed E-state index contributed by atoms with van der Waals surface area (Å²) in [5, 5.41) is 2.90. The Morgan fingerprint density at radius 3 is 2.27 bits per heavy atom. The van der Waals surface area contributed by atoms with Crippen molar-refractivity contribution in [2.75, 3.05) is 0 Å². The fourth-order valence-corrected chi connectivity index (χ4v) is 2.95. The maximum absolute atomic E-state index is 12.5. The van der Waals surface area contributed by atoms with Gasteiger partial charge in [-0.3, -0.25) is 4.79 Å². The van der Waals surface area contributed by atoms with Crippen LogP contribution in [0.15, 0.2) is 0 Å². The van der Waals surface area contributed by atoms with E-state index < -0.39 is 11.8 Å². The number of halogens is 2. The third-order valence-electron chi connectivity index (χ3n) is 3.53. The minimum absolute atomic E-state index is 0.00701. The topological polar surface area (TPSA) is 29.1 Å². The van der Waals surface area contributed by atoms with E-state index in [9.17, 15) is 13.6 Å². The van der Waals surface area contributed by atoms with Gasteiger partial charge in [0.05, 0.1) is 0 Å². The van der Waals surface area contributed by atoms with Gasteiger partial charge in [0.25, 0.3) is 0 Å². The van der Waals surface area contributed by atoms with Gasteiger partial charge in [0.15, 0.2) is 0 Å². The van der Waals surface area contributed by atoms with Crippen molar-refractivity contribution in [1.29, 1.82) is 0 Å². The van der Waals surface area contributed by atoms with Crippen molar-refractivity contribution in [3.05, 3.63) is 0 Å². The molecule has 15 heavy (non-hydrogen) atoms. The number of amides is 1. The van der Waals surface area contributed by atoms with E-state index >= 15 is 0 Å². The summed E-state index contributed by atoms with van der Waals surface area (Å²) >= 11 is 0. The molecular formula is C11H17F2NO. The zero-order valence-electron chi connectivity index (χ0n) is 9.15. The molecule has 0 aromatic carbocycles. The van der Waals surface area contributed by atoms with Crippen molar-refractivity contribution in [2.45, 2.75) is 51.5 Å². The third-order valence-corrected chi connectivity index (χ3v) is 3.53. The number of hydrogen-bond donors (Lipinski definition) is 1. The van der Waals surface area contributed by atoms with Crippen molar-refractivity contribution in [3.63, 3.8) is 0 Å². The van der Waals surface area contributed by atoms with E-state index in [2.05, 4.69) is 5.32 Å². The van der Waals surface area contributed by atoms with Crippen LogP contribution in [0.3, 0.4) is 0 Å². The van der Waals surface area contributed by atoms with E-state index in [1.165, 1.54) is 0 Å². The van der Waals surface area contributed by atoms with Crippen LogP contribution in [0.2, 0.25) is 0 Å². The Kier molecular flexibility index (Phi) is 2.28. The van der Waals surface area contributed by atoms with Gasteiger partial charge < -0.3 is 5.32 Å². The van der Waals surface area contributed by atoms with Gasteiger partial charge in [0.1, 0.15) is 0 Å². The molecule has 3 fully saturated rings. The summed E-state index contributed by atoms with van der Waals surface area (Å²) < 4.78 is 25.0. The van der Waals surface area contributed by atoms with Gasteiger partial charge in [0, 0.05) is 17.4 Å². The van der Waals surface area contributed by atoms with Crippen molar-refractivity contribution < 1.29 is 13.6 Å². The van der Waals surface area contributed by atoms with Crippen molar-refractivity contribution in [2.24, 2.45) is 11.3 Å². The predicted octanol–water partition coefficient (Wildman–Crippen LogP) is 2.34. The number of hydrogen-bond acceptors (Lipinski definition) is 1. The van der Waals surface area contributed by atoms with Crippen LogP contribution in [0.25, 0.3) is 0 Å². The van der Waals surface area contributed by atoms with Crippen LogP contribution in [0.4, 0.5) is 8.78 Å². The maximum atomic E-state index is 12.5. The highest BCUT2D eigenvalue weighted by Crippen LogP contribution is 2.69. The molecule has 3 saturated carbocycles. The summed E-state index contributed by atoms with van der Waals surface area (Å²) in [7, 11) is 0. The van der Waals surface area contributed by atoms with Crippen LogP contribution in [0, 0.1) is 11.3 Å². The van der Waals surface area contributed by atoms with Crippen molar-refractivity contribution in [3.8, 4) is 0 Å². The molecule has 0 spiro atoms. The summed E-state index contributed by atoms with van der Waals surface area (Å²) in [6.07, 6.45) is -0.310. The molecule has 4 heteroatoms. The summed E-state index contributed by atoms with van der Waals surface area (Å²) in [5.41, 5.74) is -1.01. The molecular weight excluding hydrogens is 200 g/mol. The first-order chi connectivity index (χ1) is 6.88. The molecule has 2 bridgehead atoms. The van der Waals surface area contributed by atoms with E-state index in [-0.39, 0.29) is 11.4 Å². The zero-order valence-corrected chi connectivity index (χ0v) is 9.15. The Bertz CT molecular complexity index is 269. The molecule has 3 rings (SSSR count). The fraction of sp³-hybridized carbons (Fsp3) is 0.909. The lowest BCUT2D eigenvalue weighted by Crippen LogP contribution is -2.76. The zero-order chi connectivity index (χ0) is 11.3. The molecule has 2 nitrogen and oxygen atoms in total. The van der Waals surface area contributed by atoms with E-state index in [0.29, 0.717) is 31.6 Å². The van der Waals surface area contributed by atoms with Crippen LogP contribution >= 0.6 is 0 Å². The molecule has 0 radical (unpaired) electrons. The van der Waals surface area contributed by atoms with Gasteiger partial charge >= 0.3 is 0 Å². The van der Waals surface area contributed by atoms with Gasteiger partial charge in [-0.1, -0.05) is 13.8 Å². The van der Waals surface area contributed by atoms with Gasteiger partial charge in [0.2, 0.25) is 12.3 Å². The predicted molar refractivity (Wildman–Crippen MR) is 52.6 cm³/mol. The number of nitrogens with one attached hydrogen (secondary N) is 1. The molecule has 1 amide bonds. The molecule has 0 aromatic rings. The molecule has 3 aliphatic carbocycles. The largest absolute Gasteiger partial charge is 0.351 e. The highest BCUT2D eigenvalue weighted by atomic mass is 19.3. The van der Waals surface area contributed by atoms with Crippen LogP contribution in [-0.4, -0.2) is 17.9 Å². The minimum atomic E-state index is -2.22. The van der Waals surface area contributed by atoms with Crippen LogP contribution in [0.1, 0.15) is 39.5 Å². The molecule has 0 aliphatic heterocycles. The van der Waals surface area contributed by atoms with E-state index in [1.54, 1.807) is 0 Å². The lowest BCUT2D eigenvalue weighted by Gasteiger charge is -2.70. The average Bonchev–Trinajstić information content (AvgIpc) is 1.90. The Balaban J connectivity index is 1.79. The molecule has 1 N–H and O–H groups in total. The fourth-order valence-electron chi connectivity index (χ4n) is 2.95. The smallest absolute Gasteiger partial charge is 0.244 e. The number of carbonyl (C=O) groups is 1. The highest BCUT2D eigenvalue weighted by molar-refractivity contribution is 5.77.